The number of carbonyl (C=O) groups is 1. The maximum atomic E-state index is 12.6. The summed E-state index contributed by atoms with van der Waals surface area (Å²) in [4.78, 5) is 11.2. The largest absolute Gasteiger partial charge is 0.496 e. The molecule has 0 N–H and O–H groups in total. The van der Waals surface area contributed by atoms with E-state index in [0.29, 0.717) is 0 Å². The van der Waals surface area contributed by atoms with Crippen molar-refractivity contribution in [3.05, 3.63) is 28.8 Å². The Labute approximate surface area is 94.7 Å². The quantitative estimate of drug-likeness (QED) is 0.611. The summed E-state index contributed by atoms with van der Waals surface area (Å²) in [5.74, 6) is -1.53. The summed E-state index contributed by atoms with van der Waals surface area (Å²) in [7, 11) is 1.26. The highest BCUT2D eigenvalue weighted by atomic mass is 35.5. The van der Waals surface area contributed by atoms with Gasteiger partial charge < -0.3 is 4.74 Å². The van der Waals surface area contributed by atoms with E-state index >= 15 is 0 Å². The smallest absolute Gasteiger partial charge is 0.385 e. The number of benzene rings is 1. The summed E-state index contributed by atoms with van der Waals surface area (Å²) in [5.41, 5.74) is -0.343. The highest BCUT2D eigenvalue weighted by Crippen LogP contribution is 2.31. The molecule has 0 bridgehead atoms. The maximum absolute atomic E-state index is 12.6. The van der Waals surface area contributed by atoms with Crippen LogP contribution < -0.4 is 4.74 Å². The van der Waals surface area contributed by atoms with E-state index in [9.17, 15) is 13.6 Å². The monoisotopic (exact) mass is 254 g/mol. The van der Waals surface area contributed by atoms with Crippen LogP contribution >= 0.6 is 23.2 Å². The summed E-state index contributed by atoms with van der Waals surface area (Å²) in [5, 5.41) is -3.81. The Balaban J connectivity index is 3.23. The molecule has 82 valence electrons. The van der Waals surface area contributed by atoms with Gasteiger partial charge in [0.25, 0.3) is 5.78 Å². The molecule has 0 aliphatic rings. The van der Waals surface area contributed by atoms with Gasteiger partial charge in [-0.3, -0.25) is 4.79 Å². The van der Waals surface area contributed by atoms with Crippen molar-refractivity contribution in [3.63, 3.8) is 0 Å². The number of Topliss-reactive ketones (excluding diaryl/α,β-unsaturated/α-hetero) is 1. The molecule has 2 nitrogen and oxygen atoms in total. The molecule has 0 aliphatic carbocycles. The number of carbonyl (C=O) groups excluding carboxylic acids is 1. The fourth-order valence-corrected chi connectivity index (χ4v) is 1.28. The van der Waals surface area contributed by atoms with Gasteiger partial charge in [0.05, 0.1) is 12.7 Å². The van der Waals surface area contributed by atoms with E-state index in [-0.39, 0.29) is 16.3 Å². The Morgan fingerprint density at radius 3 is 2.53 bits per heavy atom. The second kappa shape index (κ2) is 4.33. The summed E-state index contributed by atoms with van der Waals surface area (Å²) >= 11 is 10.2. The summed E-state index contributed by atoms with van der Waals surface area (Å²) in [6.07, 6.45) is 0. The van der Waals surface area contributed by atoms with Gasteiger partial charge in [-0.15, -0.1) is 0 Å². The first kappa shape index (κ1) is 12.2. The number of methoxy groups -OCH3 is 1. The van der Waals surface area contributed by atoms with E-state index in [4.69, 9.17) is 16.3 Å². The molecule has 0 saturated carbocycles. The van der Waals surface area contributed by atoms with E-state index in [1.54, 1.807) is 0 Å². The van der Waals surface area contributed by atoms with Crippen LogP contribution in [0.4, 0.5) is 8.78 Å². The van der Waals surface area contributed by atoms with Crippen molar-refractivity contribution >= 4 is 29.0 Å². The number of ketones is 1. The lowest BCUT2D eigenvalue weighted by Crippen LogP contribution is -2.22. The number of halogens is 4. The Hall–Kier alpha value is -0.870. The van der Waals surface area contributed by atoms with Crippen molar-refractivity contribution < 1.29 is 18.3 Å². The van der Waals surface area contributed by atoms with Crippen LogP contribution in [0.2, 0.25) is 5.02 Å². The molecule has 0 aromatic heterocycles. The van der Waals surface area contributed by atoms with Gasteiger partial charge in [-0.05, 0) is 29.8 Å². The minimum atomic E-state index is -3.96. The zero-order chi connectivity index (χ0) is 11.6. The van der Waals surface area contributed by atoms with Crippen molar-refractivity contribution in [2.75, 3.05) is 7.11 Å². The lowest BCUT2D eigenvalue weighted by atomic mass is 10.1. The van der Waals surface area contributed by atoms with Gasteiger partial charge in [0.2, 0.25) is 0 Å². The van der Waals surface area contributed by atoms with Crippen molar-refractivity contribution in [3.8, 4) is 5.75 Å². The summed E-state index contributed by atoms with van der Waals surface area (Å²) < 4.78 is 29.9. The fourth-order valence-electron chi connectivity index (χ4n) is 1.01. The molecule has 0 spiro atoms. The SMILES string of the molecule is COc1ccc(Cl)cc1C(=O)C(F)(F)Cl. The van der Waals surface area contributed by atoms with Crippen LogP contribution in [0, 0.1) is 0 Å². The summed E-state index contributed by atoms with van der Waals surface area (Å²) in [6.45, 7) is 0. The van der Waals surface area contributed by atoms with Gasteiger partial charge in [-0.1, -0.05) is 11.6 Å². The third-order valence-corrected chi connectivity index (χ3v) is 2.07. The molecule has 15 heavy (non-hydrogen) atoms. The van der Waals surface area contributed by atoms with Crippen molar-refractivity contribution in [1.29, 1.82) is 0 Å². The molecule has 0 unspecified atom stereocenters. The first-order valence-corrected chi connectivity index (χ1v) is 4.57. The molecule has 6 heteroatoms. The third kappa shape index (κ3) is 2.79. The van der Waals surface area contributed by atoms with Crippen molar-refractivity contribution in [2.24, 2.45) is 0 Å². The topological polar surface area (TPSA) is 26.3 Å². The standard InChI is InChI=1S/C9H6Cl2F2O2/c1-15-7-3-2-5(10)4-6(7)8(14)9(11,12)13/h2-4H,1H3. The van der Waals surface area contributed by atoms with Crippen LogP contribution in [0.15, 0.2) is 18.2 Å². The van der Waals surface area contributed by atoms with Crippen LogP contribution in [-0.4, -0.2) is 18.3 Å². The number of hydrogen-bond donors (Lipinski definition) is 0. The predicted molar refractivity (Wildman–Crippen MR) is 53.1 cm³/mol. The molecule has 0 fully saturated rings. The first-order valence-electron chi connectivity index (χ1n) is 3.81. The van der Waals surface area contributed by atoms with Gasteiger partial charge in [0.15, 0.2) is 0 Å². The fraction of sp³-hybridized carbons (Fsp3) is 0.222. The Bertz CT molecular complexity index is 388. The summed E-state index contributed by atoms with van der Waals surface area (Å²) in [6, 6.07) is 3.82. The van der Waals surface area contributed by atoms with E-state index in [1.807, 2.05) is 0 Å². The van der Waals surface area contributed by atoms with E-state index < -0.39 is 11.2 Å². The van der Waals surface area contributed by atoms with Crippen molar-refractivity contribution in [2.45, 2.75) is 5.38 Å². The second-order valence-electron chi connectivity index (χ2n) is 2.67. The van der Waals surface area contributed by atoms with Gasteiger partial charge in [-0.25, -0.2) is 0 Å². The molecular formula is C9H6Cl2F2O2. The highest BCUT2D eigenvalue weighted by Gasteiger charge is 2.38. The average molecular weight is 255 g/mol. The van der Waals surface area contributed by atoms with E-state index in [2.05, 4.69) is 11.6 Å². The Morgan fingerprint density at radius 2 is 2.07 bits per heavy atom. The van der Waals surface area contributed by atoms with Gasteiger partial charge in [-0.2, -0.15) is 8.78 Å². The second-order valence-corrected chi connectivity index (χ2v) is 3.58. The number of hydrogen-bond acceptors (Lipinski definition) is 2. The van der Waals surface area contributed by atoms with Crippen LogP contribution in [-0.2, 0) is 0 Å². The van der Waals surface area contributed by atoms with Crippen LogP contribution in [0.25, 0.3) is 0 Å². The minimum Gasteiger partial charge on any atom is -0.496 e. The zero-order valence-corrected chi connectivity index (χ0v) is 9.07. The molecule has 0 aliphatic heterocycles. The molecule has 1 rings (SSSR count). The van der Waals surface area contributed by atoms with Crippen molar-refractivity contribution in [1.82, 2.24) is 0 Å². The van der Waals surface area contributed by atoms with Gasteiger partial charge in [0.1, 0.15) is 5.75 Å². The normalized spacial score (nSPS) is 11.3. The van der Waals surface area contributed by atoms with Crippen LogP contribution in [0.1, 0.15) is 10.4 Å². The number of ether oxygens (including phenoxy) is 1. The van der Waals surface area contributed by atoms with Gasteiger partial charge in [0, 0.05) is 5.02 Å². The minimum absolute atomic E-state index is 0.00438. The lowest BCUT2D eigenvalue weighted by Gasteiger charge is -2.10. The zero-order valence-electron chi connectivity index (χ0n) is 7.56. The molecule has 0 amide bonds. The molecular weight excluding hydrogens is 249 g/mol. The Morgan fingerprint density at radius 1 is 1.47 bits per heavy atom. The average Bonchev–Trinajstić information content (AvgIpc) is 2.15. The molecule has 0 radical (unpaired) electrons. The lowest BCUT2D eigenvalue weighted by molar-refractivity contribution is 0.0533. The maximum Gasteiger partial charge on any atom is 0.385 e. The molecule has 0 atom stereocenters. The first-order chi connectivity index (χ1) is 6.86. The number of rotatable bonds is 3. The number of alkyl halides is 3. The van der Waals surface area contributed by atoms with E-state index in [0.717, 1.165) is 6.07 Å². The third-order valence-electron chi connectivity index (χ3n) is 1.66. The Kier molecular flexibility index (Phi) is 3.52. The molecule has 0 saturated heterocycles. The molecule has 1 aromatic carbocycles. The molecule has 0 heterocycles. The van der Waals surface area contributed by atoms with E-state index in [1.165, 1.54) is 19.2 Å². The molecule has 1 aromatic rings. The van der Waals surface area contributed by atoms with Crippen LogP contribution in [0.5, 0.6) is 5.75 Å². The van der Waals surface area contributed by atoms with Crippen LogP contribution in [0.3, 0.4) is 0 Å². The highest BCUT2D eigenvalue weighted by molar-refractivity contribution is 6.36. The van der Waals surface area contributed by atoms with Gasteiger partial charge >= 0.3 is 5.38 Å². The predicted octanol–water partition coefficient (Wildman–Crippen LogP) is 3.36.